The Kier molecular flexibility index (Phi) is 8.21. The van der Waals surface area contributed by atoms with Crippen molar-refractivity contribution < 1.29 is 9.59 Å². The standard InChI is InChI=1S/C30H32N4O4/c1-20-10-13-23(14-11-20)18-31-27(35)9-6-16-33-29(37)24-7-4-5-8-26(24)34(30(33)38)19-28(36)32-25-15-12-21(2)17-22(25)3/h4-5,7-8,10-15,17H,6,9,16,18-19H2,1-3H3,(H,31,35)(H,32,36). The number of benzene rings is 3. The predicted octanol–water partition coefficient (Wildman–Crippen LogP) is 3.82. The predicted molar refractivity (Wildman–Crippen MR) is 149 cm³/mol. The Balaban J connectivity index is 1.48. The van der Waals surface area contributed by atoms with Crippen molar-refractivity contribution in [2.45, 2.75) is 53.2 Å². The fourth-order valence-corrected chi connectivity index (χ4v) is 4.40. The average Bonchev–Trinajstić information content (AvgIpc) is 2.90. The Labute approximate surface area is 220 Å². The molecule has 0 spiro atoms. The third kappa shape index (κ3) is 6.26. The maximum Gasteiger partial charge on any atom is 0.331 e. The lowest BCUT2D eigenvalue weighted by Crippen LogP contribution is -2.42. The van der Waals surface area contributed by atoms with Crippen LogP contribution in [0.2, 0.25) is 0 Å². The zero-order valence-electron chi connectivity index (χ0n) is 21.9. The summed E-state index contributed by atoms with van der Waals surface area (Å²) in [6, 6.07) is 20.3. The van der Waals surface area contributed by atoms with Crippen molar-refractivity contribution in [3.63, 3.8) is 0 Å². The van der Waals surface area contributed by atoms with Crippen molar-refractivity contribution in [3.8, 4) is 0 Å². The van der Waals surface area contributed by atoms with Gasteiger partial charge in [0.1, 0.15) is 6.54 Å². The summed E-state index contributed by atoms with van der Waals surface area (Å²) in [4.78, 5) is 51.7. The molecule has 0 aliphatic carbocycles. The normalized spacial score (nSPS) is 10.9. The van der Waals surface area contributed by atoms with E-state index in [0.717, 1.165) is 26.8 Å². The molecule has 0 bridgehead atoms. The number of rotatable bonds is 9. The minimum absolute atomic E-state index is 0.0686. The molecule has 0 unspecified atom stereocenters. The van der Waals surface area contributed by atoms with Gasteiger partial charge in [-0.15, -0.1) is 0 Å². The molecule has 0 aliphatic heterocycles. The molecule has 3 aromatic carbocycles. The van der Waals surface area contributed by atoms with E-state index in [9.17, 15) is 19.2 Å². The maximum atomic E-state index is 13.4. The summed E-state index contributed by atoms with van der Waals surface area (Å²) in [5, 5.41) is 6.07. The molecule has 1 aromatic heterocycles. The number of carbonyl (C=O) groups is 2. The second-order valence-corrected chi connectivity index (χ2v) is 9.58. The number of aromatic nitrogens is 2. The molecule has 0 radical (unpaired) electrons. The first-order valence-corrected chi connectivity index (χ1v) is 12.6. The van der Waals surface area contributed by atoms with Gasteiger partial charge in [-0.25, -0.2) is 4.79 Å². The van der Waals surface area contributed by atoms with Gasteiger partial charge in [0.2, 0.25) is 11.8 Å². The van der Waals surface area contributed by atoms with E-state index in [2.05, 4.69) is 10.6 Å². The third-order valence-corrected chi connectivity index (χ3v) is 6.49. The number of aryl methyl sites for hydroxylation is 3. The average molecular weight is 513 g/mol. The zero-order chi connectivity index (χ0) is 27.2. The van der Waals surface area contributed by atoms with E-state index in [0.29, 0.717) is 29.6 Å². The number of carbonyl (C=O) groups excluding carboxylic acids is 2. The number of nitrogens with zero attached hydrogens (tertiary/aromatic N) is 2. The zero-order valence-corrected chi connectivity index (χ0v) is 21.9. The molecule has 196 valence electrons. The third-order valence-electron chi connectivity index (χ3n) is 6.49. The van der Waals surface area contributed by atoms with Crippen LogP contribution >= 0.6 is 0 Å². The van der Waals surface area contributed by atoms with Crippen LogP contribution in [0.15, 0.2) is 76.3 Å². The van der Waals surface area contributed by atoms with Crippen LogP contribution in [0.4, 0.5) is 5.69 Å². The first-order chi connectivity index (χ1) is 18.2. The Bertz CT molecular complexity index is 1600. The fourth-order valence-electron chi connectivity index (χ4n) is 4.40. The lowest BCUT2D eigenvalue weighted by atomic mass is 10.1. The molecule has 0 fully saturated rings. The summed E-state index contributed by atoms with van der Waals surface area (Å²) in [6.07, 6.45) is 0.472. The van der Waals surface area contributed by atoms with E-state index in [1.807, 2.05) is 63.2 Å². The molecule has 38 heavy (non-hydrogen) atoms. The van der Waals surface area contributed by atoms with Gasteiger partial charge in [0, 0.05) is 25.2 Å². The topological polar surface area (TPSA) is 102 Å². The van der Waals surface area contributed by atoms with Crippen molar-refractivity contribution >= 4 is 28.4 Å². The van der Waals surface area contributed by atoms with Crippen molar-refractivity contribution in [2.75, 3.05) is 5.32 Å². The highest BCUT2D eigenvalue weighted by Gasteiger charge is 2.16. The first-order valence-electron chi connectivity index (χ1n) is 12.6. The number of anilines is 1. The van der Waals surface area contributed by atoms with Gasteiger partial charge in [-0.05, 0) is 56.5 Å². The van der Waals surface area contributed by atoms with Gasteiger partial charge < -0.3 is 10.6 Å². The van der Waals surface area contributed by atoms with E-state index < -0.39 is 11.2 Å². The quantitative estimate of drug-likeness (QED) is 0.356. The van der Waals surface area contributed by atoms with E-state index in [4.69, 9.17) is 0 Å². The molecule has 2 amide bonds. The van der Waals surface area contributed by atoms with Gasteiger partial charge in [0.15, 0.2) is 0 Å². The van der Waals surface area contributed by atoms with Crippen molar-refractivity contribution in [1.82, 2.24) is 14.5 Å². The van der Waals surface area contributed by atoms with Gasteiger partial charge in [0.25, 0.3) is 5.56 Å². The Morgan fingerprint density at radius 1 is 0.816 bits per heavy atom. The van der Waals surface area contributed by atoms with Crippen LogP contribution in [0.25, 0.3) is 10.9 Å². The van der Waals surface area contributed by atoms with Crippen LogP contribution in [-0.4, -0.2) is 20.9 Å². The number of para-hydroxylation sites is 1. The van der Waals surface area contributed by atoms with Crippen LogP contribution in [0.1, 0.15) is 35.1 Å². The number of amides is 2. The number of hydrogen-bond donors (Lipinski definition) is 2. The minimum atomic E-state index is -0.579. The Morgan fingerprint density at radius 2 is 1.53 bits per heavy atom. The van der Waals surface area contributed by atoms with Gasteiger partial charge in [0.05, 0.1) is 10.9 Å². The van der Waals surface area contributed by atoms with Gasteiger partial charge in [-0.1, -0.05) is 59.7 Å². The SMILES string of the molecule is Cc1ccc(CNC(=O)CCCn2c(=O)c3ccccc3n(CC(=O)Nc3ccc(C)cc3C)c2=O)cc1. The van der Waals surface area contributed by atoms with E-state index in [1.165, 1.54) is 4.57 Å². The van der Waals surface area contributed by atoms with Crippen molar-refractivity contribution in [3.05, 3.63) is 110 Å². The summed E-state index contributed by atoms with van der Waals surface area (Å²) in [5.41, 5.74) is 4.19. The number of nitrogens with one attached hydrogen (secondary N) is 2. The molecule has 0 aliphatic rings. The number of fused-ring (bicyclic) bond motifs is 1. The van der Waals surface area contributed by atoms with Crippen molar-refractivity contribution in [1.29, 1.82) is 0 Å². The minimum Gasteiger partial charge on any atom is -0.352 e. The first kappa shape index (κ1) is 26.6. The largest absolute Gasteiger partial charge is 0.352 e. The second-order valence-electron chi connectivity index (χ2n) is 9.58. The van der Waals surface area contributed by atoms with Gasteiger partial charge in [-0.2, -0.15) is 0 Å². The number of hydrogen-bond acceptors (Lipinski definition) is 4. The molecule has 0 saturated heterocycles. The second kappa shape index (κ2) is 11.7. The van der Waals surface area contributed by atoms with Crippen LogP contribution in [-0.2, 0) is 29.2 Å². The molecule has 1 heterocycles. The van der Waals surface area contributed by atoms with Crippen LogP contribution in [0, 0.1) is 20.8 Å². The molecular weight excluding hydrogens is 480 g/mol. The van der Waals surface area contributed by atoms with Crippen LogP contribution < -0.4 is 21.9 Å². The van der Waals surface area contributed by atoms with Crippen LogP contribution in [0.3, 0.4) is 0 Å². The highest BCUT2D eigenvalue weighted by molar-refractivity contribution is 5.92. The molecule has 0 atom stereocenters. The molecule has 8 nitrogen and oxygen atoms in total. The molecule has 0 saturated carbocycles. The summed E-state index contributed by atoms with van der Waals surface area (Å²) in [7, 11) is 0. The summed E-state index contributed by atoms with van der Waals surface area (Å²) >= 11 is 0. The van der Waals surface area contributed by atoms with E-state index >= 15 is 0 Å². The molecule has 4 aromatic rings. The molecule has 4 rings (SSSR count). The fraction of sp³-hybridized carbons (Fsp3) is 0.267. The van der Waals surface area contributed by atoms with Gasteiger partial charge in [-0.3, -0.25) is 23.5 Å². The van der Waals surface area contributed by atoms with Crippen molar-refractivity contribution in [2.24, 2.45) is 0 Å². The van der Waals surface area contributed by atoms with Gasteiger partial charge >= 0.3 is 5.69 Å². The summed E-state index contributed by atoms with van der Waals surface area (Å²) in [5.74, 6) is -0.530. The summed E-state index contributed by atoms with van der Waals surface area (Å²) < 4.78 is 2.42. The Hall–Kier alpha value is -4.46. The monoisotopic (exact) mass is 512 g/mol. The lowest BCUT2D eigenvalue weighted by Gasteiger charge is -2.15. The maximum absolute atomic E-state index is 13.4. The summed E-state index contributed by atoms with van der Waals surface area (Å²) in [6.45, 7) is 6.12. The molecule has 2 N–H and O–H groups in total. The van der Waals surface area contributed by atoms with E-state index in [-0.39, 0.29) is 31.3 Å². The highest BCUT2D eigenvalue weighted by atomic mass is 16.2. The van der Waals surface area contributed by atoms with E-state index in [1.54, 1.807) is 24.3 Å². The molecular formula is C30H32N4O4. The highest BCUT2D eigenvalue weighted by Crippen LogP contribution is 2.16. The lowest BCUT2D eigenvalue weighted by molar-refractivity contribution is -0.121. The molecule has 8 heteroatoms. The Morgan fingerprint density at radius 3 is 2.26 bits per heavy atom. The van der Waals surface area contributed by atoms with Crippen LogP contribution in [0.5, 0.6) is 0 Å². The smallest absolute Gasteiger partial charge is 0.331 e.